The van der Waals surface area contributed by atoms with Crippen LogP contribution in [0.5, 0.6) is 5.75 Å². The van der Waals surface area contributed by atoms with Crippen molar-refractivity contribution in [1.29, 1.82) is 0 Å². The number of carbonyl (C=O) groups excluding carboxylic acids is 1. The zero-order chi connectivity index (χ0) is 14.0. The number of ketones is 1. The molecule has 19 heavy (non-hydrogen) atoms. The Morgan fingerprint density at radius 2 is 2.00 bits per heavy atom. The molecule has 0 radical (unpaired) electrons. The highest BCUT2D eigenvalue weighted by atomic mass is 16.5. The fourth-order valence-electron chi connectivity index (χ4n) is 2.79. The van der Waals surface area contributed by atoms with E-state index in [0.29, 0.717) is 11.4 Å². The van der Waals surface area contributed by atoms with Gasteiger partial charge in [0.15, 0.2) is 5.75 Å². The molecule has 5 nitrogen and oxygen atoms in total. The van der Waals surface area contributed by atoms with Crippen molar-refractivity contribution in [2.45, 2.75) is 51.2 Å². The normalized spacial score (nSPS) is 17.9. The van der Waals surface area contributed by atoms with Gasteiger partial charge in [-0.3, -0.25) is 9.48 Å². The molecule has 1 aromatic rings. The summed E-state index contributed by atoms with van der Waals surface area (Å²) >= 11 is 0. The summed E-state index contributed by atoms with van der Waals surface area (Å²) in [5.41, 5.74) is -0.166. The molecule has 1 aromatic heterocycles. The second-order valence-electron chi connectivity index (χ2n) is 5.33. The van der Waals surface area contributed by atoms with Gasteiger partial charge in [-0.05, 0) is 39.5 Å². The Morgan fingerprint density at radius 3 is 2.47 bits per heavy atom. The largest absolute Gasteiger partial charge is 0.493 e. The lowest BCUT2D eigenvalue weighted by Crippen LogP contribution is -2.39. The summed E-state index contributed by atoms with van der Waals surface area (Å²) < 4.78 is 12.6. The fraction of sp³-hybridized carbons (Fsp3) is 0.714. The average Bonchev–Trinajstić information content (AvgIpc) is 3.04. The maximum absolute atomic E-state index is 12.9. The van der Waals surface area contributed by atoms with Crippen molar-refractivity contribution in [3.63, 3.8) is 0 Å². The van der Waals surface area contributed by atoms with Crippen molar-refractivity contribution in [3.05, 3.63) is 11.9 Å². The molecule has 5 heteroatoms. The van der Waals surface area contributed by atoms with Gasteiger partial charge < -0.3 is 9.47 Å². The van der Waals surface area contributed by atoms with Gasteiger partial charge in [0, 0.05) is 13.2 Å². The predicted molar refractivity (Wildman–Crippen MR) is 71.7 cm³/mol. The molecular weight excluding hydrogens is 244 g/mol. The predicted octanol–water partition coefficient (Wildman–Crippen LogP) is 2.61. The minimum absolute atomic E-state index is 0.00412. The minimum Gasteiger partial charge on any atom is -0.493 e. The molecule has 1 heterocycles. The van der Waals surface area contributed by atoms with Crippen molar-refractivity contribution in [1.82, 2.24) is 9.78 Å². The molecule has 0 atom stereocenters. The molecule has 0 amide bonds. The Balaban J connectivity index is 2.45. The maximum atomic E-state index is 12.9. The molecule has 1 aliphatic rings. The molecular formula is C14H22N2O3. The summed E-state index contributed by atoms with van der Waals surface area (Å²) in [7, 11) is 3.18. The number of rotatable bonds is 5. The van der Waals surface area contributed by atoms with Crippen LogP contribution in [0, 0.1) is 0 Å². The van der Waals surface area contributed by atoms with Gasteiger partial charge in [-0.1, -0.05) is 0 Å². The number of ether oxygens (including phenoxy) is 2. The average molecular weight is 266 g/mol. The van der Waals surface area contributed by atoms with Gasteiger partial charge in [-0.2, -0.15) is 5.10 Å². The van der Waals surface area contributed by atoms with Crippen LogP contribution in [0.25, 0.3) is 0 Å². The first-order valence-corrected chi connectivity index (χ1v) is 6.77. The summed E-state index contributed by atoms with van der Waals surface area (Å²) in [5, 5.41) is 4.26. The number of aromatic nitrogens is 2. The molecule has 1 saturated carbocycles. The smallest absolute Gasteiger partial charge is 0.216 e. The highest BCUT2D eigenvalue weighted by molar-refractivity contribution is 6.03. The van der Waals surface area contributed by atoms with Gasteiger partial charge in [0.2, 0.25) is 5.78 Å². The first-order valence-electron chi connectivity index (χ1n) is 6.77. The van der Waals surface area contributed by atoms with Crippen LogP contribution in [0.15, 0.2) is 6.20 Å². The topological polar surface area (TPSA) is 53.4 Å². The van der Waals surface area contributed by atoms with E-state index in [4.69, 9.17) is 9.47 Å². The van der Waals surface area contributed by atoms with E-state index in [0.717, 1.165) is 25.7 Å². The van der Waals surface area contributed by atoms with E-state index >= 15 is 0 Å². The zero-order valence-corrected chi connectivity index (χ0v) is 12.1. The first-order chi connectivity index (χ1) is 9.05. The monoisotopic (exact) mass is 266 g/mol. The molecule has 106 valence electrons. The van der Waals surface area contributed by atoms with E-state index in [2.05, 4.69) is 5.10 Å². The molecule has 1 fully saturated rings. The molecule has 1 aliphatic carbocycles. The van der Waals surface area contributed by atoms with Crippen LogP contribution in [0.3, 0.4) is 0 Å². The minimum atomic E-state index is -0.694. The fourth-order valence-corrected chi connectivity index (χ4v) is 2.79. The van der Waals surface area contributed by atoms with E-state index in [-0.39, 0.29) is 11.8 Å². The number of hydrogen-bond acceptors (Lipinski definition) is 4. The van der Waals surface area contributed by atoms with Crippen LogP contribution in [-0.2, 0) is 4.74 Å². The van der Waals surface area contributed by atoms with Crippen LogP contribution in [0.4, 0.5) is 0 Å². The lowest BCUT2D eigenvalue weighted by Gasteiger charge is -2.26. The van der Waals surface area contributed by atoms with E-state index in [1.165, 1.54) is 0 Å². The zero-order valence-electron chi connectivity index (χ0n) is 12.1. The van der Waals surface area contributed by atoms with Crippen molar-refractivity contribution in [3.8, 4) is 5.75 Å². The van der Waals surface area contributed by atoms with Crippen LogP contribution >= 0.6 is 0 Å². The number of hydrogen-bond donors (Lipinski definition) is 0. The van der Waals surface area contributed by atoms with E-state index < -0.39 is 5.60 Å². The highest BCUT2D eigenvalue weighted by Crippen LogP contribution is 2.38. The SMILES string of the molecule is COc1cnn(C(C)C)c1C(=O)C1(OC)CCCC1. The van der Waals surface area contributed by atoms with Crippen molar-refractivity contribution in [2.75, 3.05) is 14.2 Å². The Kier molecular flexibility index (Phi) is 3.94. The quantitative estimate of drug-likeness (QED) is 0.769. The van der Waals surface area contributed by atoms with Gasteiger partial charge in [0.25, 0.3) is 0 Å². The molecule has 0 saturated heterocycles. The summed E-state index contributed by atoms with van der Waals surface area (Å²) in [6, 6.07) is 0.109. The molecule has 0 aliphatic heterocycles. The van der Waals surface area contributed by atoms with Gasteiger partial charge in [-0.15, -0.1) is 0 Å². The number of carbonyl (C=O) groups is 1. The van der Waals surface area contributed by atoms with Gasteiger partial charge >= 0.3 is 0 Å². The number of Topliss-reactive ketones (excluding diaryl/α,β-unsaturated/α-hetero) is 1. The Hall–Kier alpha value is -1.36. The lowest BCUT2D eigenvalue weighted by atomic mass is 9.93. The van der Waals surface area contributed by atoms with E-state index in [9.17, 15) is 4.79 Å². The molecule has 0 unspecified atom stereocenters. The third-order valence-corrected chi connectivity index (χ3v) is 3.90. The summed E-state index contributed by atoms with van der Waals surface area (Å²) in [6.45, 7) is 3.99. The first kappa shape index (κ1) is 14.1. The maximum Gasteiger partial charge on any atom is 0.216 e. The summed E-state index contributed by atoms with van der Waals surface area (Å²) in [6.07, 6.45) is 5.20. The summed E-state index contributed by atoms with van der Waals surface area (Å²) in [4.78, 5) is 12.9. The molecule has 0 N–H and O–H groups in total. The molecule has 0 bridgehead atoms. The Bertz CT molecular complexity index is 459. The second kappa shape index (κ2) is 5.33. The molecule has 0 spiro atoms. The number of nitrogens with zero attached hydrogens (tertiary/aromatic N) is 2. The Labute approximate surface area is 113 Å². The standard InChI is InChI=1S/C14H22N2O3/c1-10(2)16-12(11(18-3)9-15-16)13(17)14(19-4)7-5-6-8-14/h9-10H,5-8H2,1-4H3. The third kappa shape index (κ3) is 2.27. The van der Waals surface area contributed by atoms with Gasteiger partial charge in [-0.25, -0.2) is 0 Å². The summed E-state index contributed by atoms with van der Waals surface area (Å²) in [5.74, 6) is 0.526. The Morgan fingerprint density at radius 1 is 1.37 bits per heavy atom. The molecule has 2 rings (SSSR count). The third-order valence-electron chi connectivity index (χ3n) is 3.90. The van der Waals surface area contributed by atoms with Gasteiger partial charge in [0.1, 0.15) is 11.3 Å². The van der Waals surface area contributed by atoms with E-state index in [1.807, 2.05) is 13.8 Å². The van der Waals surface area contributed by atoms with E-state index in [1.54, 1.807) is 25.1 Å². The van der Waals surface area contributed by atoms with Crippen molar-refractivity contribution < 1.29 is 14.3 Å². The second-order valence-corrected chi connectivity index (χ2v) is 5.33. The van der Waals surface area contributed by atoms with Crippen LogP contribution < -0.4 is 4.74 Å². The van der Waals surface area contributed by atoms with Crippen LogP contribution in [-0.4, -0.2) is 35.4 Å². The van der Waals surface area contributed by atoms with Crippen molar-refractivity contribution >= 4 is 5.78 Å². The highest BCUT2D eigenvalue weighted by Gasteiger charge is 2.44. The van der Waals surface area contributed by atoms with Crippen LogP contribution in [0.1, 0.15) is 56.1 Å². The molecule has 0 aromatic carbocycles. The van der Waals surface area contributed by atoms with Gasteiger partial charge in [0.05, 0.1) is 13.3 Å². The number of methoxy groups -OCH3 is 2. The lowest BCUT2D eigenvalue weighted by molar-refractivity contribution is 0.00481. The van der Waals surface area contributed by atoms with Crippen LogP contribution in [0.2, 0.25) is 0 Å². The van der Waals surface area contributed by atoms with Crippen molar-refractivity contribution in [2.24, 2.45) is 0 Å².